The van der Waals surface area contributed by atoms with Crippen molar-refractivity contribution in [2.45, 2.75) is 47.5 Å². The van der Waals surface area contributed by atoms with Crippen LogP contribution in [0.15, 0.2) is 11.1 Å². The Bertz CT molecular complexity index is 290. The van der Waals surface area contributed by atoms with E-state index in [2.05, 4.69) is 0 Å². The second kappa shape index (κ2) is 7.20. The van der Waals surface area contributed by atoms with Gasteiger partial charge in [-0.1, -0.05) is 20.8 Å². The van der Waals surface area contributed by atoms with E-state index in [1.54, 1.807) is 6.92 Å². The Balaban J connectivity index is 0.00000106. The van der Waals surface area contributed by atoms with Crippen molar-refractivity contribution in [1.82, 2.24) is 0 Å². The molecule has 0 amide bonds. The maximum Gasteiger partial charge on any atom is 0.334 e. The van der Waals surface area contributed by atoms with Crippen LogP contribution < -0.4 is 0 Å². The molecule has 0 aromatic carbocycles. The van der Waals surface area contributed by atoms with Gasteiger partial charge in [-0.15, -0.1) is 0 Å². The van der Waals surface area contributed by atoms with E-state index in [-0.39, 0.29) is 11.8 Å². The number of carbonyl (C=O) groups excluding carboxylic acids is 2. The SMILES string of the molecule is CC.CCOC(=O)C1=C(C(C)=O)CC(C)C1. The maximum absolute atomic E-state index is 11.5. The van der Waals surface area contributed by atoms with Gasteiger partial charge in [0.15, 0.2) is 5.78 Å². The molecule has 1 rings (SSSR count). The first-order valence-electron chi connectivity index (χ1n) is 5.96. The van der Waals surface area contributed by atoms with Crippen molar-refractivity contribution in [1.29, 1.82) is 0 Å². The number of Topliss-reactive ketones (excluding diaryl/α,β-unsaturated/α-hetero) is 1. The van der Waals surface area contributed by atoms with Crippen molar-refractivity contribution in [2.75, 3.05) is 6.61 Å². The standard InChI is InChI=1S/C11H16O3.C2H6/c1-4-14-11(13)10-6-7(2)5-9(10)8(3)12;1-2/h7H,4-6H2,1-3H3;1-2H3. The third-order valence-electron chi connectivity index (χ3n) is 2.42. The summed E-state index contributed by atoms with van der Waals surface area (Å²) in [7, 11) is 0. The van der Waals surface area contributed by atoms with E-state index < -0.39 is 0 Å². The minimum absolute atomic E-state index is 0.00240. The van der Waals surface area contributed by atoms with Crippen LogP contribution >= 0.6 is 0 Å². The molecular formula is C13H22O3. The molecule has 0 N–H and O–H groups in total. The summed E-state index contributed by atoms with van der Waals surface area (Å²) >= 11 is 0. The lowest BCUT2D eigenvalue weighted by Crippen LogP contribution is -2.09. The van der Waals surface area contributed by atoms with Crippen LogP contribution in [0, 0.1) is 5.92 Å². The van der Waals surface area contributed by atoms with Gasteiger partial charge in [0, 0.05) is 11.1 Å². The highest BCUT2D eigenvalue weighted by atomic mass is 16.5. The van der Waals surface area contributed by atoms with Crippen LogP contribution in [0.25, 0.3) is 0 Å². The molecule has 1 atom stereocenters. The van der Waals surface area contributed by atoms with Gasteiger partial charge in [0.1, 0.15) is 0 Å². The van der Waals surface area contributed by atoms with Crippen molar-refractivity contribution in [3.8, 4) is 0 Å². The largest absolute Gasteiger partial charge is 0.463 e. The molecule has 1 unspecified atom stereocenters. The van der Waals surface area contributed by atoms with Crippen molar-refractivity contribution < 1.29 is 14.3 Å². The topological polar surface area (TPSA) is 43.4 Å². The van der Waals surface area contributed by atoms with Crippen LogP contribution in [0.4, 0.5) is 0 Å². The quantitative estimate of drug-likeness (QED) is 0.695. The summed E-state index contributed by atoms with van der Waals surface area (Å²) in [6, 6.07) is 0. The normalized spacial score (nSPS) is 18.9. The summed E-state index contributed by atoms with van der Waals surface area (Å²) in [4.78, 5) is 22.7. The third-order valence-corrected chi connectivity index (χ3v) is 2.42. The van der Waals surface area contributed by atoms with Gasteiger partial charge < -0.3 is 4.74 Å². The highest BCUT2D eigenvalue weighted by molar-refractivity contribution is 6.03. The lowest BCUT2D eigenvalue weighted by Gasteiger charge is -2.03. The Morgan fingerprint density at radius 2 is 1.75 bits per heavy atom. The average Bonchev–Trinajstić information content (AvgIpc) is 2.64. The van der Waals surface area contributed by atoms with E-state index in [1.165, 1.54) is 6.92 Å². The number of ether oxygens (including phenoxy) is 1. The number of hydrogen-bond acceptors (Lipinski definition) is 3. The van der Waals surface area contributed by atoms with Gasteiger partial charge in [0.2, 0.25) is 0 Å². The molecule has 0 aromatic heterocycles. The molecule has 0 saturated carbocycles. The molecule has 0 bridgehead atoms. The minimum Gasteiger partial charge on any atom is -0.463 e. The van der Waals surface area contributed by atoms with Gasteiger partial charge in [-0.3, -0.25) is 4.79 Å². The molecular weight excluding hydrogens is 204 g/mol. The lowest BCUT2D eigenvalue weighted by atomic mass is 10.1. The van der Waals surface area contributed by atoms with Crippen LogP contribution in [0.1, 0.15) is 47.5 Å². The van der Waals surface area contributed by atoms with Crippen LogP contribution in [0.5, 0.6) is 0 Å². The predicted octanol–water partition coefficient (Wildman–Crippen LogP) is 2.89. The Morgan fingerprint density at radius 1 is 1.25 bits per heavy atom. The van der Waals surface area contributed by atoms with Crippen molar-refractivity contribution in [3.05, 3.63) is 11.1 Å². The van der Waals surface area contributed by atoms with Gasteiger partial charge in [0.25, 0.3) is 0 Å². The minimum atomic E-state index is -0.318. The third kappa shape index (κ3) is 3.80. The highest BCUT2D eigenvalue weighted by Crippen LogP contribution is 2.32. The van der Waals surface area contributed by atoms with Gasteiger partial charge >= 0.3 is 5.97 Å². The summed E-state index contributed by atoms with van der Waals surface area (Å²) in [5.74, 6) is 0.0627. The number of rotatable bonds is 3. The predicted molar refractivity (Wildman–Crippen MR) is 64.1 cm³/mol. The number of ketones is 1. The molecule has 92 valence electrons. The maximum atomic E-state index is 11.5. The van der Waals surface area contributed by atoms with E-state index in [9.17, 15) is 9.59 Å². The van der Waals surface area contributed by atoms with Crippen molar-refractivity contribution in [2.24, 2.45) is 5.92 Å². The zero-order valence-electron chi connectivity index (χ0n) is 10.9. The van der Waals surface area contributed by atoms with Gasteiger partial charge in [0.05, 0.1) is 6.61 Å². The Hall–Kier alpha value is -1.12. The number of carbonyl (C=O) groups is 2. The van der Waals surface area contributed by atoms with E-state index in [4.69, 9.17) is 4.74 Å². The van der Waals surface area contributed by atoms with E-state index in [0.717, 1.165) is 0 Å². The second-order valence-corrected chi connectivity index (χ2v) is 3.75. The molecule has 1 aliphatic rings. The fourth-order valence-electron chi connectivity index (χ4n) is 1.80. The Labute approximate surface area is 97.9 Å². The average molecular weight is 226 g/mol. The van der Waals surface area contributed by atoms with Crippen LogP contribution in [0.2, 0.25) is 0 Å². The molecule has 16 heavy (non-hydrogen) atoms. The Morgan fingerprint density at radius 3 is 2.19 bits per heavy atom. The van der Waals surface area contributed by atoms with Gasteiger partial charge in [-0.05, 0) is 32.6 Å². The van der Waals surface area contributed by atoms with Crippen molar-refractivity contribution >= 4 is 11.8 Å². The second-order valence-electron chi connectivity index (χ2n) is 3.75. The van der Waals surface area contributed by atoms with Crippen LogP contribution in [0.3, 0.4) is 0 Å². The van der Waals surface area contributed by atoms with Crippen molar-refractivity contribution in [3.63, 3.8) is 0 Å². The molecule has 0 aliphatic heterocycles. The summed E-state index contributed by atoms with van der Waals surface area (Å²) in [5.41, 5.74) is 1.25. The lowest BCUT2D eigenvalue weighted by molar-refractivity contribution is -0.138. The van der Waals surface area contributed by atoms with Gasteiger partial charge in [-0.25, -0.2) is 4.79 Å². The smallest absolute Gasteiger partial charge is 0.334 e. The van der Waals surface area contributed by atoms with Gasteiger partial charge in [-0.2, -0.15) is 0 Å². The first-order valence-corrected chi connectivity index (χ1v) is 5.96. The molecule has 0 fully saturated rings. The number of hydrogen-bond donors (Lipinski definition) is 0. The highest BCUT2D eigenvalue weighted by Gasteiger charge is 2.28. The van der Waals surface area contributed by atoms with E-state index >= 15 is 0 Å². The molecule has 3 heteroatoms. The molecule has 0 aromatic rings. The summed E-state index contributed by atoms with van der Waals surface area (Å²) in [6.45, 7) is 9.67. The zero-order valence-corrected chi connectivity index (χ0v) is 10.9. The number of esters is 1. The fourth-order valence-corrected chi connectivity index (χ4v) is 1.80. The molecule has 1 aliphatic carbocycles. The summed E-state index contributed by atoms with van der Waals surface area (Å²) in [6.07, 6.45) is 1.39. The summed E-state index contributed by atoms with van der Waals surface area (Å²) in [5, 5.41) is 0. The monoisotopic (exact) mass is 226 g/mol. The van der Waals surface area contributed by atoms with E-state index in [1.807, 2.05) is 20.8 Å². The number of allylic oxidation sites excluding steroid dienone is 1. The molecule has 0 heterocycles. The van der Waals surface area contributed by atoms with Crippen LogP contribution in [-0.4, -0.2) is 18.4 Å². The summed E-state index contributed by atoms with van der Waals surface area (Å²) < 4.78 is 4.91. The fraction of sp³-hybridized carbons (Fsp3) is 0.692. The first-order chi connectivity index (χ1) is 7.56. The Kier molecular flexibility index (Phi) is 6.70. The van der Waals surface area contributed by atoms with Crippen LogP contribution in [-0.2, 0) is 14.3 Å². The molecule has 0 saturated heterocycles. The first kappa shape index (κ1) is 14.9. The molecule has 0 radical (unpaired) electrons. The molecule has 3 nitrogen and oxygen atoms in total. The van der Waals surface area contributed by atoms with E-state index in [0.29, 0.717) is 36.5 Å². The zero-order chi connectivity index (χ0) is 12.7. The molecule has 0 spiro atoms.